The lowest BCUT2D eigenvalue weighted by Crippen LogP contribution is -2.46. The van der Waals surface area contributed by atoms with Gasteiger partial charge in [-0.25, -0.2) is 9.98 Å². The van der Waals surface area contributed by atoms with Crippen molar-refractivity contribution >= 4 is 29.3 Å². The summed E-state index contributed by atoms with van der Waals surface area (Å²) in [6, 6.07) is 0.873. The minimum absolute atomic E-state index is 0.0185. The van der Waals surface area contributed by atoms with Crippen molar-refractivity contribution in [2.24, 2.45) is 4.99 Å². The lowest BCUT2D eigenvalue weighted by molar-refractivity contribution is -0.137. The van der Waals surface area contributed by atoms with Crippen LogP contribution in [0.5, 0.6) is 0 Å². The number of carbonyl (C=O) groups excluding carboxylic acids is 1. The molecule has 0 radical (unpaired) electrons. The topological polar surface area (TPSA) is 81.6 Å². The first-order chi connectivity index (χ1) is 13.9. The average molecular weight is 449 g/mol. The summed E-state index contributed by atoms with van der Waals surface area (Å²) in [5, 5.41) is 9.16. The number of hydrogen-bond acceptors (Lipinski definition) is 4. The van der Waals surface area contributed by atoms with Gasteiger partial charge in [0.15, 0.2) is 5.96 Å². The van der Waals surface area contributed by atoms with Crippen LogP contribution in [0.2, 0.25) is 5.02 Å². The summed E-state index contributed by atoms with van der Waals surface area (Å²) in [4.78, 5) is 22.1. The van der Waals surface area contributed by atoms with E-state index in [1.807, 2.05) is 32.6 Å². The second-order valence-electron chi connectivity index (χ2n) is 8.10. The van der Waals surface area contributed by atoms with Crippen molar-refractivity contribution in [2.45, 2.75) is 51.9 Å². The van der Waals surface area contributed by atoms with Gasteiger partial charge in [0, 0.05) is 37.4 Å². The molecule has 0 saturated carbocycles. The molecule has 30 heavy (non-hydrogen) atoms. The van der Waals surface area contributed by atoms with E-state index in [9.17, 15) is 18.0 Å². The van der Waals surface area contributed by atoms with Crippen molar-refractivity contribution in [2.75, 3.05) is 31.1 Å². The zero-order valence-electron chi connectivity index (χ0n) is 17.5. The number of aliphatic imine (C=N–C) groups is 1. The van der Waals surface area contributed by atoms with Crippen molar-refractivity contribution < 1.29 is 18.0 Å². The normalized spacial score (nSPS) is 17.8. The first-order valence-electron chi connectivity index (χ1n) is 9.72. The molecule has 3 N–H and O–H groups in total. The van der Waals surface area contributed by atoms with Gasteiger partial charge in [0.1, 0.15) is 12.4 Å². The van der Waals surface area contributed by atoms with E-state index in [1.165, 1.54) is 0 Å². The quantitative estimate of drug-likeness (QED) is 0.476. The smallest absolute Gasteiger partial charge is 0.357 e. The maximum absolute atomic E-state index is 12.8. The fraction of sp³-hybridized carbons (Fsp3) is 0.632. The van der Waals surface area contributed by atoms with Crippen LogP contribution in [0, 0.1) is 0 Å². The zero-order valence-corrected chi connectivity index (χ0v) is 18.3. The molecule has 0 spiro atoms. The van der Waals surface area contributed by atoms with E-state index >= 15 is 0 Å². The highest BCUT2D eigenvalue weighted by molar-refractivity contribution is 6.33. The second kappa shape index (κ2) is 9.72. The Morgan fingerprint density at radius 1 is 1.37 bits per heavy atom. The number of anilines is 1. The highest BCUT2D eigenvalue weighted by atomic mass is 35.5. The van der Waals surface area contributed by atoms with Gasteiger partial charge in [-0.3, -0.25) is 4.79 Å². The van der Waals surface area contributed by atoms with Gasteiger partial charge >= 0.3 is 6.18 Å². The molecule has 1 unspecified atom stereocenters. The predicted octanol–water partition coefficient (Wildman–Crippen LogP) is 2.80. The third-order valence-electron chi connectivity index (χ3n) is 4.22. The number of nitrogens with one attached hydrogen (secondary N) is 3. The first-order valence-corrected chi connectivity index (χ1v) is 10.1. The molecular weight excluding hydrogens is 421 g/mol. The Labute approximate surface area is 179 Å². The van der Waals surface area contributed by atoms with Crippen molar-refractivity contribution in [3.8, 4) is 0 Å². The molecule has 7 nitrogen and oxygen atoms in total. The molecule has 2 rings (SSSR count). The molecule has 0 aliphatic carbocycles. The Kier molecular flexibility index (Phi) is 7.79. The van der Waals surface area contributed by atoms with E-state index in [4.69, 9.17) is 11.6 Å². The number of halogens is 4. The number of pyridine rings is 1. The predicted molar refractivity (Wildman–Crippen MR) is 112 cm³/mol. The molecule has 168 valence electrons. The lowest BCUT2D eigenvalue weighted by Gasteiger charge is -2.21. The first kappa shape index (κ1) is 24.0. The highest BCUT2D eigenvalue weighted by Gasteiger charge is 2.33. The highest BCUT2D eigenvalue weighted by Crippen LogP contribution is 2.34. The minimum Gasteiger partial charge on any atom is -0.357 e. The van der Waals surface area contributed by atoms with Gasteiger partial charge < -0.3 is 20.9 Å². The van der Waals surface area contributed by atoms with E-state index in [1.54, 1.807) is 0 Å². The molecule has 1 amide bonds. The van der Waals surface area contributed by atoms with Gasteiger partial charge in [0.05, 0.1) is 10.6 Å². The summed E-state index contributed by atoms with van der Waals surface area (Å²) in [5.74, 6) is 0.633. The third kappa shape index (κ3) is 7.23. The van der Waals surface area contributed by atoms with Crippen LogP contribution in [-0.4, -0.2) is 54.6 Å². The Bertz CT molecular complexity index is 779. The molecule has 2 heterocycles. The zero-order chi connectivity index (χ0) is 22.5. The summed E-state index contributed by atoms with van der Waals surface area (Å²) in [7, 11) is 0. The molecule has 1 fully saturated rings. The number of guanidine groups is 1. The van der Waals surface area contributed by atoms with Crippen molar-refractivity contribution in [1.82, 2.24) is 20.9 Å². The maximum atomic E-state index is 12.8. The molecule has 1 aliphatic rings. The fourth-order valence-electron chi connectivity index (χ4n) is 3.01. The summed E-state index contributed by atoms with van der Waals surface area (Å²) in [6.07, 6.45) is -2.97. The molecule has 1 atom stereocenters. The van der Waals surface area contributed by atoms with E-state index in [2.05, 4.69) is 25.9 Å². The van der Waals surface area contributed by atoms with Gasteiger partial charge in [-0.15, -0.1) is 0 Å². The van der Waals surface area contributed by atoms with Gasteiger partial charge in [0.25, 0.3) is 0 Å². The number of alkyl halides is 3. The van der Waals surface area contributed by atoms with Crippen LogP contribution >= 0.6 is 11.6 Å². The Morgan fingerprint density at radius 3 is 2.63 bits per heavy atom. The molecule has 0 aromatic carbocycles. The Morgan fingerprint density at radius 2 is 2.07 bits per heavy atom. The molecule has 1 aromatic rings. The summed E-state index contributed by atoms with van der Waals surface area (Å²) in [5.41, 5.74) is -1.21. The van der Waals surface area contributed by atoms with Gasteiger partial charge in [0.2, 0.25) is 5.91 Å². The Balaban J connectivity index is 1.99. The van der Waals surface area contributed by atoms with E-state index in [-0.39, 0.29) is 29.1 Å². The van der Waals surface area contributed by atoms with Crippen LogP contribution in [-0.2, 0) is 11.0 Å². The van der Waals surface area contributed by atoms with Gasteiger partial charge in [-0.1, -0.05) is 11.6 Å². The molecule has 1 saturated heterocycles. The molecule has 11 heteroatoms. The summed E-state index contributed by atoms with van der Waals surface area (Å²) in [6.45, 7) is 9.28. The van der Waals surface area contributed by atoms with E-state index < -0.39 is 11.7 Å². The van der Waals surface area contributed by atoms with E-state index in [0.29, 0.717) is 31.4 Å². The average Bonchev–Trinajstić information content (AvgIpc) is 3.05. The van der Waals surface area contributed by atoms with Gasteiger partial charge in [-0.2, -0.15) is 13.2 Å². The van der Waals surface area contributed by atoms with Crippen LogP contribution in [0.1, 0.15) is 39.7 Å². The van der Waals surface area contributed by atoms with Crippen LogP contribution in [0.3, 0.4) is 0 Å². The van der Waals surface area contributed by atoms with Crippen LogP contribution in [0.25, 0.3) is 0 Å². The number of amides is 1. The Hall–Kier alpha value is -2.23. The number of nitrogens with zero attached hydrogens (tertiary/aromatic N) is 3. The second-order valence-corrected chi connectivity index (χ2v) is 8.50. The molecular formula is C19H28ClF3N6O. The SMILES string of the molecule is CCNC(=NCC(=O)NC(C)(C)C)NC1CCN(c2ncc(C(F)(F)F)cc2Cl)C1. The standard InChI is InChI=1S/C19H28ClF3N6O/c1-5-24-17(26-10-15(30)28-18(2,3)4)27-13-6-7-29(11-13)16-14(20)8-12(9-25-16)19(21,22)23/h8-9,13H,5-7,10-11H2,1-4H3,(H,28,30)(H2,24,26,27). The fourth-order valence-corrected chi connectivity index (χ4v) is 3.30. The lowest BCUT2D eigenvalue weighted by atomic mass is 10.1. The number of carbonyl (C=O) groups is 1. The van der Waals surface area contributed by atoms with Crippen LogP contribution in [0.4, 0.5) is 19.0 Å². The van der Waals surface area contributed by atoms with Crippen molar-refractivity contribution in [3.63, 3.8) is 0 Å². The molecule has 1 aromatic heterocycles. The van der Waals surface area contributed by atoms with E-state index in [0.717, 1.165) is 18.7 Å². The van der Waals surface area contributed by atoms with Crippen molar-refractivity contribution in [1.29, 1.82) is 0 Å². The van der Waals surface area contributed by atoms with Crippen LogP contribution in [0.15, 0.2) is 17.3 Å². The van der Waals surface area contributed by atoms with Gasteiger partial charge in [-0.05, 0) is 40.2 Å². The number of hydrogen-bond donors (Lipinski definition) is 3. The minimum atomic E-state index is -4.49. The number of rotatable bonds is 5. The van der Waals surface area contributed by atoms with Crippen LogP contribution < -0.4 is 20.9 Å². The molecule has 0 bridgehead atoms. The molecule has 1 aliphatic heterocycles. The maximum Gasteiger partial charge on any atom is 0.417 e. The summed E-state index contributed by atoms with van der Waals surface area (Å²) >= 11 is 6.05. The monoisotopic (exact) mass is 448 g/mol. The number of aromatic nitrogens is 1. The third-order valence-corrected chi connectivity index (χ3v) is 4.50. The van der Waals surface area contributed by atoms with Crippen molar-refractivity contribution in [3.05, 3.63) is 22.8 Å². The summed E-state index contributed by atoms with van der Waals surface area (Å²) < 4.78 is 38.4. The largest absolute Gasteiger partial charge is 0.417 e.